The minimum Gasteiger partial charge on any atom is -0.383 e. The topological polar surface area (TPSA) is 43.3 Å². The van der Waals surface area contributed by atoms with Gasteiger partial charge >= 0.3 is 0 Å². The summed E-state index contributed by atoms with van der Waals surface area (Å²) in [6, 6.07) is 4.97. The lowest BCUT2D eigenvalue weighted by molar-refractivity contribution is 0.619. The Morgan fingerprint density at radius 2 is 2.22 bits per heavy atom. The quantitative estimate of drug-likeness (QED) is 0.738. The summed E-state index contributed by atoms with van der Waals surface area (Å²) in [6.07, 6.45) is 1.34. The van der Waals surface area contributed by atoms with Gasteiger partial charge in [0.15, 0.2) is 0 Å². The molecule has 0 aromatic carbocycles. The number of hydrogen-bond donors (Lipinski definition) is 1. The first kappa shape index (κ1) is 11.7. The van der Waals surface area contributed by atoms with E-state index in [9.17, 15) is 4.39 Å². The van der Waals surface area contributed by atoms with Crippen LogP contribution in [-0.4, -0.2) is 9.38 Å². The molecule has 0 bridgehead atoms. The number of thiophene rings is 1. The number of fused-ring (bicyclic) bond motifs is 1. The first-order chi connectivity index (χ1) is 8.56. The Balaban J connectivity index is 2.26. The number of imidazole rings is 1. The van der Waals surface area contributed by atoms with Crippen molar-refractivity contribution < 1.29 is 4.39 Å². The summed E-state index contributed by atoms with van der Waals surface area (Å²) < 4.78 is 15.8. The van der Waals surface area contributed by atoms with Crippen molar-refractivity contribution in [2.24, 2.45) is 0 Å². The van der Waals surface area contributed by atoms with Gasteiger partial charge in [-0.2, -0.15) is 0 Å². The number of pyridine rings is 1. The number of aryl methyl sites for hydroxylation is 1. The summed E-state index contributed by atoms with van der Waals surface area (Å²) in [5, 5.41) is 0. The van der Waals surface area contributed by atoms with Gasteiger partial charge < -0.3 is 5.73 Å². The molecule has 3 nitrogen and oxygen atoms in total. The van der Waals surface area contributed by atoms with Crippen LogP contribution >= 0.6 is 27.3 Å². The predicted molar refractivity (Wildman–Crippen MR) is 75.3 cm³/mol. The van der Waals surface area contributed by atoms with Crippen LogP contribution in [0.15, 0.2) is 28.9 Å². The first-order valence-corrected chi connectivity index (χ1v) is 6.86. The summed E-state index contributed by atoms with van der Waals surface area (Å²) >= 11 is 5.07. The van der Waals surface area contributed by atoms with Crippen LogP contribution in [-0.2, 0) is 0 Å². The molecular formula is C12H9BrFN3S. The molecule has 3 aromatic heterocycles. The number of nitrogens with two attached hydrogens (primary N) is 1. The number of rotatable bonds is 1. The van der Waals surface area contributed by atoms with E-state index in [1.54, 1.807) is 21.8 Å². The van der Waals surface area contributed by atoms with E-state index < -0.39 is 0 Å². The van der Waals surface area contributed by atoms with Crippen LogP contribution in [0.2, 0.25) is 0 Å². The molecule has 0 spiro atoms. The molecule has 3 rings (SSSR count). The second-order valence-corrected chi connectivity index (χ2v) is 6.05. The molecule has 0 aliphatic heterocycles. The van der Waals surface area contributed by atoms with Crippen molar-refractivity contribution in [3.8, 4) is 10.6 Å². The molecule has 0 saturated carbocycles. The summed E-state index contributed by atoms with van der Waals surface area (Å²) in [6.45, 7) is 2.02. The molecule has 6 heteroatoms. The third-order valence-electron chi connectivity index (χ3n) is 2.71. The van der Waals surface area contributed by atoms with E-state index in [0.717, 1.165) is 14.2 Å². The SMILES string of the molecule is Cc1sc(-c2nc3ccc(F)cn3c2N)cc1Br. The van der Waals surface area contributed by atoms with Gasteiger partial charge in [-0.25, -0.2) is 9.37 Å². The van der Waals surface area contributed by atoms with Crippen LogP contribution in [0.25, 0.3) is 16.2 Å². The standard InChI is InChI=1S/C12H9BrFN3S/c1-6-8(13)4-9(18-6)11-12(15)17-5-7(14)2-3-10(17)16-11/h2-5H,15H2,1H3. The maximum atomic E-state index is 13.2. The van der Waals surface area contributed by atoms with Gasteiger partial charge in [-0.05, 0) is 41.1 Å². The lowest BCUT2D eigenvalue weighted by Crippen LogP contribution is -1.94. The lowest BCUT2D eigenvalue weighted by Gasteiger charge is -1.96. The van der Waals surface area contributed by atoms with Crippen LogP contribution < -0.4 is 5.73 Å². The Hall–Kier alpha value is -1.40. The highest BCUT2D eigenvalue weighted by atomic mass is 79.9. The highest BCUT2D eigenvalue weighted by Crippen LogP contribution is 2.36. The highest BCUT2D eigenvalue weighted by molar-refractivity contribution is 9.10. The van der Waals surface area contributed by atoms with E-state index in [1.807, 2.05) is 13.0 Å². The smallest absolute Gasteiger partial charge is 0.140 e. The average Bonchev–Trinajstić information content (AvgIpc) is 2.82. The van der Waals surface area contributed by atoms with Crippen molar-refractivity contribution in [1.82, 2.24) is 9.38 Å². The van der Waals surface area contributed by atoms with E-state index in [1.165, 1.54) is 12.3 Å². The zero-order chi connectivity index (χ0) is 12.9. The van der Waals surface area contributed by atoms with Crippen LogP contribution in [0.3, 0.4) is 0 Å². The van der Waals surface area contributed by atoms with Crippen molar-refractivity contribution in [2.45, 2.75) is 6.92 Å². The lowest BCUT2D eigenvalue weighted by atomic mass is 10.3. The van der Waals surface area contributed by atoms with Gasteiger partial charge in [0.25, 0.3) is 0 Å². The number of anilines is 1. The van der Waals surface area contributed by atoms with Crippen LogP contribution in [0.5, 0.6) is 0 Å². The Morgan fingerprint density at radius 1 is 1.44 bits per heavy atom. The fourth-order valence-electron chi connectivity index (χ4n) is 1.79. The number of nitrogen functional groups attached to an aromatic ring is 1. The van der Waals surface area contributed by atoms with Gasteiger partial charge in [-0.1, -0.05) is 0 Å². The number of aromatic nitrogens is 2. The molecular weight excluding hydrogens is 317 g/mol. The Kier molecular flexibility index (Phi) is 2.64. The third-order valence-corrected chi connectivity index (χ3v) is 4.85. The van der Waals surface area contributed by atoms with E-state index in [-0.39, 0.29) is 5.82 Å². The molecule has 3 heterocycles. The van der Waals surface area contributed by atoms with E-state index in [2.05, 4.69) is 20.9 Å². The van der Waals surface area contributed by atoms with Crippen molar-refractivity contribution in [3.63, 3.8) is 0 Å². The molecule has 0 radical (unpaired) electrons. The molecule has 0 unspecified atom stereocenters. The van der Waals surface area contributed by atoms with Gasteiger partial charge in [-0.3, -0.25) is 4.40 Å². The number of halogens is 2. The number of hydrogen-bond acceptors (Lipinski definition) is 3. The maximum Gasteiger partial charge on any atom is 0.140 e. The monoisotopic (exact) mass is 325 g/mol. The van der Waals surface area contributed by atoms with Crippen LogP contribution in [0, 0.1) is 12.7 Å². The highest BCUT2D eigenvalue weighted by Gasteiger charge is 2.14. The Bertz CT molecular complexity index is 728. The Morgan fingerprint density at radius 3 is 2.89 bits per heavy atom. The summed E-state index contributed by atoms with van der Waals surface area (Å²) in [7, 11) is 0. The second-order valence-electron chi connectivity index (χ2n) is 3.94. The van der Waals surface area contributed by atoms with Gasteiger partial charge in [-0.15, -0.1) is 11.3 Å². The van der Waals surface area contributed by atoms with Gasteiger partial charge in [0, 0.05) is 15.5 Å². The van der Waals surface area contributed by atoms with E-state index in [4.69, 9.17) is 5.73 Å². The molecule has 92 valence electrons. The van der Waals surface area contributed by atoms with Crippen molar-refractivity contribution >= 4 is 38.7 Å². The van der Waals surface area contributed by atoms with Crippen LogP contribution in [0.4, 0.5) is 10.2 Å². The summed E-state index contributed by atoms with van der Waals surface area (Å²) in [5.74, 6) is 0.125. The fraction of sp³-hybridized carbons (Fsp3) is 0.0833. The second kappa shape index (κ2) is 4.07. The van der Waals surface area contributed by atoms with Crippen LogP contribution in [0.1, 0.15) is 4.88 Å². The normalized spacial score (nSPS) is 11.3. The molecule has 0 aliphatic carbocycles. The molecule has 0 fully saturated rings. The molecule has 0 aliphatic rings. The maximum absolute atomic E-state index is 13.2. The average molecular weight is 326 g/mol. The fourth-order valence-corrected chi connectivity index (χ4v) is 3.33. The third kappa shape index (κ3) is 1.72. The van der Waals surface area contributed by atoms with Gasteiger partial charge in [0.1, 0.15) is 23.0 Å². The molecule has 0 atom stereocenters. The zero-order valence-corrected chi connectivity index (χ0v) is 11.8. The van der Waals surface area contributed by atoms with E-state index in [0.29, 0.717) is 17.2 Å². The largest absolute Gasteiger partial charge is 0.383 e. The number of nitrogens with zero attached hydrogens (tertiary/aromatic N) is 2. The minimum atomic E-state index is -0.332. The molecule has 0 saturated heterocycles. The molecule has 3 aromatic rings. The zero-order valence-electron chi connectivity index (χ0n) is 9.45. The van der Waals surface area contributed by atoms with Gasteiger partial charge in [0.2, 0.25) is 0 Å². The van der Waals surface area contributed by atoms with Crippen molar-refractivity contribution in [1.29, 1.82) is 0 Å². The molecule has 0 amide bonds. The van der Waals surface area contributed by atoms with Gasteiger partial charge in [0.05, 0.1) is 4.88 Å². The molecule has 18 heavy (non-hydrogen) atoms. The van der Waals surface area contributed by atoms with E-state index >= 15 is 0 Å². The van der Waals surface area contributed by atoms with Crippen molar-refractivity contribution in [2.75, 3.05) is 5.73 Å². The minimum absolute atomic E-state index is 0.332. The Labute approximate surface area is 115 Å². The van der Waals surface area contributed by atoms with Crippen molar-refractivity contribution in [3.05, 3.63) is 39.6 Å². The summed E-state index contributed by atoms with van der Waals surface area (Å²) in [4.78, 5) is 6.57. The summed E-state index contributed by atoms with van der Waals surface area (Å²) in [5.41, 5.74) is 7.36. The first-order valence-electron chi connectivity index (χ1n) is 5.25. The molecule has 2 N–H and O–H groups in total. The predicted octanol–water partition coefficient (Wildman–Crippen LogP) is 3.86.